The molecule has 1 N–H and O–H groups in total. The molecule has 0 saturated heterocycles. The van der Waals surface area contributed by atoms with Crippen molar-refractivity contribution < 1.29 is 14.7 Å². The molecule has 0 aromatic rings. The van der Waals surface area contributed by atoms with E-state index in [4.69, 9.17) is 5.11 Å². The molecule has 1 rings (SSSR count). The summed E-state index contributed by atoms with van der Waals surface area (Å²) in [6, 6.07) is 0. The Hall–Kier alpha value is -0.510. The maximum Gasteiger partial charge on any atom is 0.303 e. The highest BCUT2D eigenvalue weighted by Crippen LogP contribution is 2.31. The topological polar surface area (TPSA) is 54.4 Å². The lowest BCUT2D eigenvalue weighted by Gasteiger charge is -1.99. The molecule has 0 bridgehead atoms. The average Bonchev–Trinajstić information content (AvgIpc) is 2.92. The Morgan fingerprint density at radius 2 is 1.93 bits per heavy atom. The number of rotatable bonds is 8. The van der Waals surface area contributed by atoms with Crippen molar-refractivity contribution >= 4 is 23.5 Å². The maximum atomic E-state index is 11.2. The third-order valence-electron chi connectivity index (χ3n) is 2.20. The number of thioether (sulfide) groups is 1. The molecule has 0 spiro atoms. The van der Waals surface area contributed by atoms with Crippen molar-refractivity contribution in [1.82, 2.24) is 0 Å². The minimum Gasteiger partial charge on any atom is -0.481 e. The Balaban J connectivity index is 1.84. The van der Waals surface area contributed by atoms with Crippen LogP contribution in [0.2, 0.25) is 0 Å². The van der Waals surface area contributed by atoms with Crippen LogP contribution in [0.5, 0.6) is 0 Å². The Bertz CT molecular complexity index is 211. The number of ketones is 1. The highest BCUT2D eigenvalue weighted by molar-refractivity contribution is 7.99. The van der Waals surface area contributed by atoms with Crippen molar-refractivity contribution in [2.24, 2.45) is 5.92 Å². The van der Waals surface area contributed by atoms with Crippen LogP contribution in [0.15, 0.2) is 0 Å². The van der Waals surface area contributed by atoms with Gasteiger partial charge in [-0.05, 0) is 25.0 Å². The van der Waals surface area contributed by atoms with Gasteiger partial charge in [-0.2, -0.15) is 11.8 Å². The molecule has 1 aliphatic carbocycles. The van der Waals surface area contributed by atoms with Crippen LogP contribution >= 0.6 is 11.8 Å². The molecule has 0 heterocycles. The second kappa shape index (κ2) is 6.06. The lowest BCUT2D eigenvalue weighted by atomic mass is 10.2. The van der Waals surface area contributed by atoms with Crippen LogP contribution in [-0.4, -0.2) is 28.4 Å². The van der Waals surface area contributed by atoms with Crippen molar-refractivity contribution in [3.63, 3.8) is 0 Å². The minimum atomic E-state index is -0.736. The number of carbonyl (C=O) groups excluding carboxylic acids is 1. The van der Waals surface area contributed by atoms with Crippen LogP contribution in [0.25, 0.3) is 0 Å². The van der Waals surface area contributed by atoms with Crippen LogP contribution in [0.1, 0.15) is 32.1 Å². The first kappa shape index (κ1) is 11.6. The van der Waals surface area contributed by atoms with Gasteiger partial charge in [-0.15, -0.1) is 0 Å². The van der Waals surface area contributed by atoms with E-state index in [0.717, 1.165) is 24.3 Å². The summed E-state index contributed by atoms with van der Waals surface area (Å²) in [5, 5.41) is 8.38. The van der Waals surface area contributed by atoms with Gasteiger partial charge in [0.05, 0.1) is 0 Å². The van der Waals surface area contributed by atoms with Crippen molar-refractivity contribution in [1.29, 1.82) is 0 Å². The van der Waals surface area contributed by atoms with Crippen molar-refractivity contribution in [2.75, 3.05) is 11.5 Å². The van der Waals surface area contributed by atoms with Gasteiger partial charge in [-0.3, -0.25) is 9.59 Å². The molecule has 1 aliphatic rings. The minimum absolute atomic E-state index is 0.240. The van der Waals surface area contributed by atoms with Crippen LogP contribution in [0, 0.1) is 5.92 Å². The van der Waals surface area contributed by atoms with Gasteiger partial charge in [0.15, 0.2) is 0 Å². The number of hydrogen-bond acceptors (Lipinski definition) is 3. The second-order valence-corrected chi connectivity index (χ2v) is 4.82. The number of aliphatic carboxylic acids is 1. The second-order valence-electron chi connectivity index (χ2n) is 3.60. The summed E-state index contributed by atoms with van der Waals surface area (Å²) in [6.07, 6.45) is 3.79. The number of carbonyl (C=O) groups is 2. The SMILES string of the molecule is O=C(O)CCCSCCC(=O)C1CC1. The van der Waals surface area contributed by atoms with Gasteiger partial charge in [-0.1, -0.05) is 0 Å². The third kappa shape index (κ3) is 5.27. The summed E-state index contributed by atoms with van der Waals surface area (Å²) < 4.78 is 0. The maximum absolute atomic E-state index is 11.2. The fourth-order valence-electron chi connectivity index (χ4n) is 1.21. The Labute approximate surface area is 88.3 Å². The summed E-state index contributed by atoms with van der Waals surface area (Å²) in [5.41, 5.74) is 0. The lowest BCUT2D eigenvalue weighted by Crippen LogP contribution is -2.02. The van der Waals surface area contributed by atoms with Gasteiger partial charge in [0.25, 0.3) is 0 Å². The summed E-state index contributed by atoms with van der Waals surface area (Å²) in [6.45, 7) is 0. The molecular formula is C10H16O3S. The van der Waals surface area contributed by atoms with E-state index in [9.17, 15) is 9.59 Å². The van der Waals surface area contributed by atoms with Crippen molar-refractivity contribution in [3.8, 4) is 0 Å². The zero-order valence-electron chi connectivity index (χ0n) is 8.20. The van der Waals surface area contributed by atoms with E-state index in [1.165, 1.54) is 0 Å². The molecule has 4 heteroatoms. The van der Waals surface area contributed by atoms with E-state index in [1.807, 2.05) is 0 Å². The number of carboxylic acids is 1. The number of hydrogen-bond donors (Lipinski definition) is 1. The Morgan fingerprint density at radius 1 is 1.21 bits per heavy atom. The van der Waals surface area contributed by atoms with Crippen molar-refractivity contribution in [3.05, 3.63) is 0 Å². The summed E-state index contributed by atoms with van der Waals surface area (Å²) in [5.74, 6) is 1.74. The Morgan fingerprint density at radius 3 is 2.50 bits per heavy atom. The molecule has 80 valence electrons. The molecule has 14 heavy (non-hydrogen) atoms. The molecule has 0 amide bonds. The molecule has 1 fully saturated rings. The molecular weight excluding hydrogens is 200 g/mol. The summed E-state index contributed by atoms with van der Waals surface area (Å²) in [4.78, 5) is 21.4. The lowest BCUT2D eigenvalue weighted by molar-refractivity contribution is -0.137. The molecule has 0 aliphatic heterocycles. The van der Waals surface area contributed by atoms with E-state index in [1.54, 1.807) is 11.8 Å². The molecule has 0 aromatic heterocycles. The van der Waals surface area contributed by atoms with Crippen LogP contribution in [-0.2, 0) is 9.59 Å². The zero-order chi connectivity index (χ0) is 10.4. The average molecular weight is 216 g/mol. The fraction of sp³-hybridized carbons (Fsp3) is 0.800. The van der Waals surface area contributed by atoms with Gasteiger partial charge in [0.1, 0.15) is 5.78 Å². The van der Waals surface area contributed by atoms with E-state index in [0.29, 0.717) is 24.5 Å². The molecule has 0 atom stereocenters. The Kier molecular flexibility index (Phi) is 5.01. The largest absolute Gasteiger partial charge is 0.481 e. The number of carboxylic acid groups (broad SMARTS) is 1. The van der Waals surface area contributed by atoms with Crippen LogP contribution in [0.4, 0.5) is 0 Å². The van der Waals surface area contributed by atoms with Crippen LogP contribution < -0.4 is 0 Å². The predicted molar refractivity (Wildman–Crippen MR) is 56.5 cm³/mol. The summed E-state index contributed by atoms with van der Waals surface area (Å²) >= 11 is 1.68. The molecule has 0 radical (unpaired) electrons. The van der Waals surface area contributed by atoms with Crippen LogP contribution in [0.3, 0.4) is 0 Å². The third-order valence-corrected chi connectivity index (χ3v) is 3.27. The normalized spacial score (nSPS) is 15.4. The molecule has 3 nitrogen and oxygen atoms in total. The fourth-order valence-corrected chi connectivity index (χ4v) is 2.11. The first-order chi connectivity index (χ1) is 6.70. The monoisotopic (exact) mass is 216 g/mol. The molecule has 0 aromatic carbocycles. The quantitative estimate of drug-likeness (QED) is 0.630. The van der Waals surface area contributed by atoms with Gasteiger partial charge in [0, 0.05) is 24.5 Å². The first-order valence-corrected chi connectivity index (χ1v) is 6.18. The zero-order valence-corrected chi connectivity index (χ0v) is 9.02. The first-order valence-electron chi connectivity index (χ1n) is 5.02. The standard InChI is InChI=1S/C10H16O3S/c11-9(8-3-4-8)5-7-14-6-1-2-10(12)13/h8H,1-7H2,(H,12,13). The van der Waals surface area contributed by atoms with Crippen molar-refractivity contribution in [2.45, 2.75) is 32.1 Å². The van der Waals surface area contributed by atoms with E-state index in [-0.39, 0.29) is 6.42 Å². The molecule has 1 saturated carbocycles. The van der Waals surface area contributed by atoms with Gasteiger partial charge >= 0.3 is 5.97 Å². The summed E-state index contributed by atoms with van der Waals surface area (Å²) in [7, 11) is 0. The van der Waals surface area contributed by atoms with Gasteiger partial charge < -0.3 is 5.11 Å². The van der Waals surface area contributed by atoms with E-state index >= 15 is 0 Å². The molecule has 0 unspecified atom stereocenters. The number of Topliss-reactive ketones (excluding diaryl/α,β-unsaturated/α-hetero) is 1. The van der Waals surface area contributed by atoms with Gasteiger partial charge in [0.2, 0.25) is 0 Å². The van der Waals surface area contributed by atoms with E-state index in [2.05, 4.69) is 0 Å². The van der Waals surface area contributed by atoms with E-state index < -0.39 is 5.97 Å². The predicted octanol–water partition coefficient (Wildman–Crippen LogP) is 1.95. The highest BCUT2D eigenvalue weighted by Gasteiger charge is 2.28. The highest BCUT2D eigenvalue weighted by atomic mass is 32.2. The van der Waals surface area contributed by atoms with Gasteiger partial charge in [-0.25, -0.2) is 0 Å². The smallest absolute Gasteiger partial charge is 0.303 e.